The molecule has 1 fully saturated rings. The highest BCUT2D eigenvalue weighted by atomic mass is 32.2. The lowest BCUT2D eigenvalue weighted by Crippen LogP contribution is -2.40. The molecule has 0 aromatic heterocycles. The Morgan fingerprint density at radius 2 is 1.97 bits per heavy atom. The van der Waals surface area contributed by atoms with Gasteiger partial charge in [-0.3, -0.25) is 9.59 Å². The summed E-state index contributed by atoms with van der Waals surface area (Å²) in [5, 5.41) is 2.53. The molecule has 2 aromatic carbocycles. The van der Waals surface area contributed by atoms with Gasteiger partial charge in [0.15, 0.2) is 6.61 Å². The molecule has 2 amide bonds. The van der Waals surface area contributed by atoms with Crippen LogP contribution in [0, 0.1) is 0 Å². The van der Waals surface area contributed by atoms with E-state index in [1.165, 1.54) is 17.0 Å². The molecule has 0 saturated carbocycles. The van der Waals surface area contributed by atoms with Crippen molar-refractivity contribution >= 4 is 51.9 Å². The number of alkyl halides is 3. The van der Waals surface area contributed by atoms with Crippen LogP contribution in [0.4, 0.5) is 18.9 Å². The average Bonchev–Trinajstić information content (AvgIpc) is 3.03. The van der Waals surface area contributed by atoms with Gasteiger partial charge >= 0.3 is 6.18 Å². The van der Waals surface area contributed by atoms with Gasteiger partial charge in [-0.05, 0) is 41.8 Å². The van der Waals surface area contributed by atoms with Gasteiger partial charge in [0, 0.05) is 6.54 Å². The number of hydrogen-bond acceptors (Lipinski definition) is 5. The monoisotopic (exact) mass is 464 g/mol. The molecule has 2 aliphatic rings. The molecule has 2 heterocycles. The highest BCUT2D eigenvalue weighted by molar-refractivity contribution is 8.26. The lowest BCUT2D eigenvalue weighted by Gasteiger charge is -2.30. The second kappa shape index (κ2) is 8.35. The standard InChI is InChI=1S/C21H15F3N2O3S2/c22-21(23,24)14-4-2-1-3-13(14)7-8-26-15-9-12(5-6-16(15)29-11-18(26)27)10-17-19(28)25-20(30)31-17/h1-6,9-10H,7-8,11H2,(H,25,28,30). The van der Waals surface area contributed by atoms with Gasteiger partial charge in [0.05, 0.1) is 16.2 Å². The zero-order valence-electron chi connectivity index (χ0n) is 15.9. The molecular weight excluding hydrogens is 449 g/mol. The fraction of sp³-hybridized carbons (Fsp3) is 0.190. The van der Waals surface area contributed by atoms with Gasteiger partial charge in [-0.1, -0.05) is 48.2 Å². The van der Waals surface area contributed by atoms with Crippen LogP contribution in [0.5, 0.6) is 5.75 Å². The molecule has 160 valence electrons. The summed E-state index contributed by atoms with van der Waals surface area (Å²) in [4.78, 5) is 26.2. The maximum Gasteiger partial charge on any atom is 0.416 e. The number of hydrogen-bond donors (Lipinski definition) is 1. The Balaban J connectivity index is 1.61. The zero-order chi connectivity index (χ0) is 22.2. The summed E-state index contributed by atoms with van der Waals surface area (Å²) >= 11 is 6.11. The molecule has 0 atom stereocenters. The van der Waals surface area contributed by atoms with Crippen LogP contribution in [0.3, 0.4) is 0 Å². The van der Waals surface area contributed by atoms with Gasteiger partial charge in [0.2, 0.25) is 0 Å². The molecule has 0 spiro atoms. The van der Waals surface area contributed by atoms with Crippen molar-refractivity contribution in [1.29, 1.82) is 0 Å². The molecule has 1 saturated heterocycles. The highest BCUT2D eigenvalue weighted by Gasteiger charge is 2.33. The third kappa shape index (κ3) is 4.59. The van der Waals surface area contributed by atoms with Crippen LogP contribution in [0.25, 0.3) is 6.08 Å². The van der Waals surface area contributed by atoms with Crippen LogP contribution in [0.2, 0.25) is 0 Å². The summed E-state index contributed by atoms with van der Waals surface area (Å²) in [6, 6.07) is 10.4. The van der Waals surface area contributed by atoms with Crippen molar-refractivity contribution < 1.29 is 27.5 Å². The van der Waals surface area contributed by atoms with Crippen LogP contribution in [-0.4, -0.2) is 29.3 Å². The normalized spacial score (nSPS) is 17.6. The number of halogens is 3. The third-order valence-electron chi connectivity index (χ3n) is 4.79. The molecular formula is C21H15F3N2O3S2. The van der Waals surface area contributed by atoms with Gasteiger partial charge in [-0.25, -0.2) is 0 Å². The molecule has 0 bridgehead atoms. The fourth-order valence-electron chi connectivity index (χ4n) is 3.37. The molecule has 1 N–H and O–H groups in total. The van der Waals surface area contributed by atoms with Crippen molar-refractivity contribution in [2.45, 2.75) is 12.6 Å². The summed E-state index contributed by atoms with van der Waals surface area (Å²) in [6.45, 7) is -0.136. The van der Waals surface area contributed by atoms with Crippen LogP contribution < -0.4 is 15.0 Å². The number of ether oxygens (including phenoxy) is 1. The molecule has 2 aromatic rings. The Morgan fingerprint density at radius 3 is 2.68 bits per heavy atom. The summed E-state index contributed by atoms with van der Waals surface area (Å²) < 4.78 is 45.7. The summed E-state index contributed by atoms with van der Waals surface area (Å²) in [7, 11) is 0. The number of nitrogens with one attached hydrogen (secondary N) is 1. The number of anilines is 1. The van der Waals surface area contributed by atoms with Gasteiger partial charge in [-0.2, -0.15) is 13.2 Å². The SMILES string of the molecule is O=C1NC(=S)SC1=Cc1ccc2c(c1)N(CCc1ccccc1C(F)(F)F)C(=O)CO2. The molecule has 0 radical (unpaired) electrons. The maximum atomic E-state index is 13.3. The van der Waals surface area contributed by atoms with E-state index < -0.39 is 11.7 Å². The number of thioether (sulfide) groups is 1. The maximum absolute atomic E-state index is 13.3. The van der Waals surface area contributed by atoms with E-state index in [9.17, 15) is 22.8 Å². The lowest BCUT2D eigenvalue weighted by molar-refractivity contribution is -0.138. The van der Waals surface area contributed by atoms with Crippen molar-refractivity contribution in [2.75, 3.05) is 18.1 Å². The Bertz CT molecular complexity index is 1120. The Hall–Kier alpha value is -2.85. The van der Waals surface area contributed by atoms with E-state index in [2.05, 4.69) is 5.32 Å². The van der Waals surface area contributed by atoms with Crippen LogP contribution in [-0.2, 0) is 22.2 Å². The number of carbonyl (C=O) groups excluding carboxylic acids is 2. The molecule has 0 aliphatic carbocycles. The minimum Gasteiger partial charge on any atom is -0.482 e. The number of nitrogens with zero attached hydrogens (tertiary/aromatic N) is 1. The minimum absolute atomic E-state index is 0.0265. The van der Waals surface area contributed by atoms with Crippen LogP contribution in [0.1, 0.15) is 16.7 Å². The van der Waals surface area contributed by atoms with Gasteiger partial charge < -0.3 is 15.0 Å². The van der Waals surface area contributed by atoms with Gasteiger partial charge in [0.25, 0.3) is 11.8 Å². The first-order chi connectivity index (χ1) is 14.7. The van der Waals surface area contributed by atoms with E-state index in [4.69, 9.17) is 17.0 Å². The molecule has 31 heavy (non-hydrogen) atoms. The predicted octanol–water partition coefficient (Wildman–Crippen LogP) is 4.16. The number of amides is 2. The Labute approximate surface area is 185 Å². The first kappa shape index (κ1) is 21.4. The van der Waals surface area contributed by atoms with Crippen molar-refractivity contribution in [2.24, 2.45) is 0 Å². The lowest BCUT2D eigenvalue weighted by atomic mass is 10.0. The summed E-state index contributed by atoms with van der Waals surface area (Å²) in [5.74, 6) is -0.207. The zero-order valence-corrected chi connectivity index (χ0v) is 17.5. The van der Waals surface area contributed by atoms with E-state index >= 15 is 0 Å². The fourth-order valence-corrected chi connectivity index (χ4v) is 4.42. The van der Waals surface area contributed by atoms with Gasteiger partial charge in [-0.15, -0.1) is 0 Å². The highest BCUT2D eigenvalue weighted by Crippen LogP contribution is 2.36. The number of fused-ring (bicyclic) bond motifs is 1. The Morgan fingerprint density at radius 1 is 1.19 bits per heavy atom. The molecule has 10 heteroatoms. The number of benzene rings is 2. The first-order valence-electron chi connectivity index (χ1n) is 9.19. The van der Waals surface area contributed by atoms with Crippen LogP contribution >= 0.6 is 24.0 Å². The number of thiocarbonyl (C=S) groups is 1. The quantitative estimate of drug-likeness (QED) is 0.544. The van der Waals surface area contributed by atoms with Gasteiger partial charge in [0.1, 0.15) is 10.1 Å². The predicted molar refractivity (Wildman–Crippen MR) is 116 cm³/mol. The van der Waals surface area contributed by atoms with E-state index in [0.717, 1.165) is 17.8 Å². The third-order valence-corrected chi connectivity index (χ3v) is 5.96. The molecule has 2 aliphatic heterocycles. The van der Waals surface area contributed by atoms with Crippen molar-refractivity contribution in [3.8, 4) is 5.75 Å². The summed E-state index contributed by atoms with van der Waals surface area (Å²) in [5.41, 5.74) is 0.484. The van der Waals surface area contributed by atoms with E-state index in [0.29, 0.717) is 26.2 Å². The van der Waals surface area contributed by atoms with E-state index in [-0.39, 0.29) is 37.0 Å². The molecule has 5 nitrogen and oxygen atoms in total. The smallest absolute Gasteiger partial charge is 0.416 e. The minimum atomic E-state index is -4.47. The topological polar surface area (TPSA) is 58.6 Å². The van der Waals surface area contributed by atoms with Crippen molar-refractivity contribution in [3.05, 3.63) is 64.1 Å². The van der Waals surface area contributed by atoms with Crippen molar-refractivity contribution in [3.63, 3.8) is 0 Å². The first-order valence-corrected chi connectivity index (χ1v) is 10.4. The van der Waals surface area contributed by atoms with Crippen LogP contribution in [0.15, 0.2) is 47.4 Å². The number of carbonyl (C=O) groups is 2. The summed E-state index contributed by atoms with van der Waals surface area (Å²) in [6.07, 6.45) is -2.81. The largest absolute Gasteiger partial charge is 0.482 e. The van der Waals surface area contributed by atoms with Crippen molar-refractivity contribution in [1.82, 2.24) is 5.32 Å². The number of rotatable bonds is 4. The molecule has 0 unspecified atom stereocenters. The average molecular weight is 464 g/mol. The second-order valence-electron chi connectivity index (χ2n) is 6.82. The second-order valence-corrected chi connectivity index (χ2v) is 8.54. The van der Waals surface area contributed by atoms with E-state index in [1.54, 1.807) is 30.3 Å². The molecule has 4 rings (SSSR count). The van der Waals surface area contributed by atoms with E-state index in [1.807, 2.05) is 0 Å². The Kier molecular flexibility index (Phi) is 5.76.